The number of carbonyl (C=O) groups is 1. The van der Waals surface area contributed by atoms with Crippen molar-refractivity contribution in [2.24, 2.45) is 0 Å². The lowest BCUT2D eigenvalue weighted by atomic mass is 10.1. The highest BCUT2D eigenvalue weighted by molar-refractivity contribution is 7.15. The first-order valence-corrected chi connectivity index (χ1v) is 9.46. The Labute approximate surface area is 170 Å². The molecule has 0 aliphatic rings. The van der Waals surface area contributed by atoms with Crippen molar-refractivity contribution >= 4 is 57.2 Å². The van der Waals surface area contributed by atoms with E-state index in [1.54, 1.807) is 37.5 Å². The fourth-order valence-corrected chi connectivity index (χ4v) is 3.38. The molecular formula is C19H15Cl2N3O2S. The number of rotatable bonds is 5. The van der Waals surface area contributed by atoms with Crippen LogP contribution in [0.25, 0.3) is 11.1 Å². The normalized spacial score (nSPS) is 11.3. The van der Waals surface area contributed by atoms with E-state index in [0.717, 1.165) is 28.2 Å². The van der Waals surface area contributed by atoms with Crippen LogP contribution in [0, 0.1) is 6.92 Å². The maximum atomic E-state index is 12.3. The van der Waals surface area contributed by atoms with Crippen LogP contribution < -0.4 is 10.1 Å². The third kappa shape index (κ3) is 4.86. The SMILES string of the molecule is COc1ccc(/C=C(\Cl)c2nnc(C(=O)Nc3ccc(Cl)cc3)s2)cc1C. The number of ether oxygens (including phenoxy) is 1. The Morgan fingerprint density at radius 3 is 2.52 bits per heavy atom. The van der Waals surface area contributed by atoms with Crippen molar-refractivity contribution in [1.29, 1.82) is 0 Å². The molecule has 5 nitrogen and oxygen atoms in total. The van der Waals surface area contributed by atoms with Crippen LogP contribution in [0.2, 0.25) is 5.02 Å². The van der Waals surface area contributed by atoms with E-state index in [0.29, 0.717) is 20.7 Å². The lowest BCUT2D eigenvalue weighted by Gasteiger charge is -2.05. The van der Waals surface area contributed by atoms with Gasteiger partial charge < -0.3 is 10.1 Å². The summed E-state index contributed by atoms with van der Waals surface area (Å²) in [5.74, 6) is 0.450. The Morgan fingerprint density at radius 1 is 1.15 bits per heavy atom. The number of nitrogens with one attached hydrogen (secondary N) is 1. The maximum Gasteiger partial charge on any atom is 0.286 e. The molecule has 1 aromatic heterocycles. The van der Waals surface area contributed by atoms with Gasteiger partial charge in [0.25, 0.3) is 5.91 Å². The molecule has 138 valence electrons. The molecule has 0 spiro atoms. The summed E-state index contributed by atoms with van der Waals surface area (Å²) in [6, 6.07) is 12.5. The lowest BCUT2D eigenvalue weighted by Crippen LogP contribution is -2.11. The molecule has 0 bridgehead atoms. The molecule has 27 heavy (non-hydrogen) atoms. The summed E-state index contributed by atoms with van der Waals surface area (Å²) >= 11 is 13.3. The van der Waals surface area contributed by atoms with Crippen LogP contribution in [0.5, 0.6) is 5.75 Å². The molecule has 3 aromatic rings. The van der Waals surface area contributed by atoms with Gasteiger partial charge in [0, 0.05) is 10.7 Å². The highest BCUT2D eigenvalue weighted by Gasteiger charge is 2.15. The van der Waals surface area contributed by atoms with Gasteiger partial charge in [0.05, 0.1) is 12.1 Å². The number of benzene rings is 2. The largest absolute Gasteiger partial charge is 0.496 e. The van der Waals surface area contributed by atoms with E-state index in [-0.39, 0.29) is 10.9 Å². The zero-order chi connectivity index (χ0) is 19.4. The van der Waals surface area contributed by atoms with Gasteiger partial charge in [-0.05, 0) is 60.5 Å². The molecular weight excluding hydrogens is 405 g/mol. The minimum atomic E-state index is -0.356. The first-order valence-electron chi connectivity index (χ1n) is 7.89. The van der Waals surface area contributed by atoms with Crippen molar-refractivity contribution in [2.75, 3.05) is 12.4 Å². The van der Waals surface area contributed by atoms with E-state index in [9.17, 15) is 4.79 Å². The van der Waals surface area contributed by atoms with Crippen LogP contribution in [0.3, 0.4) is 0 Å². The third-order valence-electron chi connectivity index (χ3n) is 3.64. The highest BCUT2D eigenvalue weighted by Crippen LogP contribution is 2.27. The monoisotopic (exact) mass is 419 g/mol. The smallest absolute Gasteiger partial charge is 0.286 e. The topological polar surface area (TPSA) is 64.1 Å². The van der Waals surface area contributed by atoms with Crippen LogP contribution in [0.15, 0.2) is 42.5 Å². The van der Waals surface area contributed by atoms with Crippen LogP contribution >= 0.6 is 34.5 Å². The molecule has 0 atom stereocenters. The van der Waals surface area contributed by atoms with Gasteiger partial charge in [-0.2, -0.15) is 0 Å². The number of amides is 1. The number of aryl methyl sites for hydroxylation is 1. The lowest BCUT2D eigenvalue weighted by molar-refractivity contribution is 0.102. The zero-order valence-electron chi connectivity index (χ0n) is 14.5. The summed E-state index contributed by atoms with van der Waals surface area (Å²) in [4.78, 5) is 12.3. The minimum absolute atomic E-state index is 0.220. The molecule has 0 aliphatic carbocycles. The number of aromatic nitrogens is 2. The summed E-state index contributed by atoms with van der Waals surface area (Å²) in [6.45, 7) is 1.95. The molecule has 1 amide bonds. The molecule has 0 saturated carbocycles. The van der Waals surface area contributed by atoms with Crippen molar-refractivity contribution in [1.82, 2.24) is 10.2 Å². The Kier molecular flexibility index (Phi) is 6.11. The molecule has 8 heteroatoms. The second-order valence-electron chi connectivity index (χ2n) is 5.59. The number of hydrogen-bond acceptors (Lipinski definition) is 5. The van der Waals surface area contributed by atoms with Crippen molar-refractivity contribution in [2.45, 2.75) is 6.92 Å². The van der Waals surface area contributed by atoms with E-state index in [1.807, 2.05) is 25.1 Å². The predicted molar refractivity (Wildman–Crippen MR) is 111 cm³/mol. The summed E-state index contributed by atoms with van der Waals surface area (Å²) in [5, 5.41) is 12.4. The van der Waals surface area contributed by atoms with E-state index in [4.69, 9.17) is 27.9 Å². The molecule has 0 aliphatic heterocycles. The second-order valence-corrected chi connectivity index (χ2v) is 7.42. The number of hydrogen-bond donors (Lipinski definition) is 1. The average molecular weight is 420 g/mol. The van der Waals surface area contributed by atoms with Gasteiger partial charge in [-0.25, -0.2) is 0 Å². The van der Waals surface area contributed by atoms with Crippen molar-refractivity contribution < 1.29 is 9.53 Å². The Balaban J connectivity index is 1.75. The van der Waals surface area contributed by atoms with Gasteiger partial charge >= 0.3 is 0 Å². The second kappa shape index (κ2) is 8.52. The summed E-state index contributed by atoms with van der Waals surface area (Å²) in [7, 11) is 1.63. The number of halogens is 2. The van der Waals surface area contributed by atoms with Gasteiger partial charge in [-0.3, -0.25) is 4.79 Å². The van der Waals surface area contributed by atoms with Crippen LogP contribution in [-0.4, -0.2) is 23.2 Å². The van der Waals surface area contributed by atoms with Gasteiger partial charge in [0.15, 0.2) is 5.01 Å². The highest BCUT2D eigenvalue weighted by atomic mass is 35.5. The molecule has 0 saturated heterocycles. The first kappa shape index (κ1) is 19.4. The van der Waals surface area contributed by atoms with Gasteiger partial charge in [-0.15, -0.1) is 10.2 Å². The third-order valence-corrected chi connectivity index (χ3v) is 5.25. The zero-order valence-corrected chi connectivity index (χ0v) is 16.8. The van der Waals surface area contributed by atoms with Crippen molar-refractivity contribution in [3.05, 3.63) is 68.6 Å². The molecule has 1 N–H and O–H groups in total. The molecule has 2 aromatic carbocycles. The summed E-state index contributed by atoms with van der Waals surface area (Å²) < 4.78 is 5.25. The number of nitrogens with zero attached hydrogens (tertiary/aromatic N) is 2. The standard InChI is InChI=1S/C19H15Cl2N3O2S/c1-11-9-12(3-8-16(11)26-2)10-15(21)18-23-24-19(27-18)17(25)22-14-6-4-13(20)5-7-14/h3-10H,1-2H3,(H,22,25)/b15-10-. The Morgan fingerprint density at radius 2 is 1.85 bits per heavy atom. The van der Waals surface area contributed by atoms with Gasteiger partial charge in [0.2, 0.25) is 5.01 Å². The Hall–Kier alpha value is -2.41. The molecule has 0 fully saturated rings. The summed E-state index contributed by atoms with van der Waals surface area (Å²) in [6.07, 6.45) is 1.77. The predicted octanol–water partition coefficient (Wildman–Crippen LogP) is 5.50. The van der Waals surface area contributed by atoms with E-state index >= 15 is 0 Å². The number of anilines is 1. The van der Waals surface area contributed by atoms with E-state index in [1.165, 1.54) is 0 Å². The minimum Gasteiger partial charge on any atom is -0.496 e. The van der Waals surface area contributed by atoms with Crippen LogP contribution in [-0.2, 0) is 0 Å². The molecule has 0 radical (unpaired) electrons. The number of methoxy groups -OCH3 is 1. The number of carbonyl (C=O) groups excluding carboxylic acids is 1. The fraction of sp³-hybridized carbons (Fsp3) is 0.105. The van der Waals surface area contributed by atoms with Crippen molar-refractivity contribution in [3.63, 3.8) is 0 Å². The molecule has 0 unspecified atom stereocenters. The van der Waals surface area contributed by atoms with Crippen molar-refractivity contribution in [3.8, 4) is 5.75 Å². The van der Waals surface area contributed by atoms with Gasteiger partial charge in [-0.1, -0.05) is 40.6 Å². The maximum absolute atomic E-state index is 12.3. The first-order chi connectivity index (χ1) is 13.0. The molecule has 3 rings (SSSR count). The molecule has 1 heterocycles. The average Bonchev–Trinajstić information content (AvgIpc) is 3.14. The fourth-order valence-electron chi connectivity index (χ4n) is 2.33. The van der Waals surface area contributed by atoms with E-state index < -0.39 is 0 Å². The quantitative estimate of drug-likeness (QED) is 0.592. The van der Waals surface area contributed by atoms with E-state index in [2.05, 4.69) is 15.5 Å². The van der Waals surface area contributed by atoms with Crippen LogP contribution in [0.4, 0.5) is 5.69 Å². The Bertz CT molecular complexity index is 1000. The summed E-state index contributed by atoms with van der Waals surface area (Å²) in [5.41, 5.74) is 2.52. The van der Waals surface area contributed by atoms with Crippen LogP contribution in [0.1, 0.15) is 25.9 Å². The van der Waals surface area contributed by atoms with Gasteiger partial charge in [0.1, 0.15) is 5.75 Å².